The van der Waals surface area contributed by atoms with Crippen LogP contribution in [0.4, 0.5) is 16.4 Å². The second-order valence-corrected chi connectivity index (χ2v) is 7.31. The number of hydrogen-bond donors (Lipinski definition) is 2. The number of thiocarbonyl (C=S) groups is 1. The second kappa shape index (κ2) is 7.79. The molecule has 0 aliphatic heterocycles. The molecule has 9 heteroatoms. The lowest BCUT2D eigenvalue weighted by molar-refractivity contribution is -0.384. The van der Waals surface area contributed by atoms with E-state index >= 15 is 0 Å². The Kier molecular flexibility index (Phi) is 5.48. The molecule has 0 amide bonds. The fourth-order valence-corrected chi connectivity index (χ4v) is 4.50. The molecule has 0 fully saturated rings. The van der Waals surface area contributed by atoms with Gasteiger partial charge in [0.1, 0.15) is 5.00 Å². The first-order chi connectivity index (χ1) is 12.5. The van der Waals surface area contributed by atoms with Crippen LogP contribution in [0, 0.1) is 10.1 Å². The summed E-state index contributed by atoms with van der Waals surface area (Å²) < 4.78 is 4.93. The molecule has 0 spiro atoms. The van der Waals surface area contributed by atoms with Crippen LogP contribution in [0.15, 0.2) is 24.3 Å². The van der Waals surface area contributed by atoms with Gasteiger partial charge in [-0.15, -0.1) is 11.3 Å². The molecular formula is C17H17N3O4S2. The normalized spacial score (nSPS) is 12.8. The summed E-state index contributed by atoms with van der Waals surface area (Å²) in [5.74, 6) is -0.384. The third kappa shape index (κ3) is 3.83. The van der Waals surface area contributed by atoms with Crippen molar-refractivity contribution in [3.63, 3.8) is 0 Å². The molecule has 1 aliphatic rings. The van der Waals surface area contributed by atoms with Crippen molar-refractivity contribution in [2.45, 2.75) is 25.7 Å². The molecule has 26 heavy (non-hydrogen) atoms. The van der Waals surface area contributed by atoms with Gasteiger partial charge in [-0.3, -0.25) is 10.1 Å². The Labute approximate surface area is 159 Å². The van der Waals surface area contributed by atoms with Crippen LogP contribution in [0.1, 0.15) is 33.6 Å². The zero-order chi connectivity index (χ0) is 18.7. The first kappa shape index (κ1) is 18.3. The molecule has 0 unspecified atom stereocenters. The molecule has 1 aliphatic carbocycles. The molecule has 0 bridgehead atoms. The highest BCUT2D eigenvalue weighted by Crippen LogP contribution is 2.38. The van der Waals surface area contributed by atoms with Crippen LogP contribution < -0.4 is 10.6 Å². The number of nitrogens with one attached hydrogen (secondary N) is 2. The van der Waals surface area contributed by atoms with Crippen LogP contribution in [-0.4, -0.2) is 23.1 Å². The highest BCUT2D eigenvalue weighted by molar-refractivity contribution is 7.80. The Morgan fingerprint density at radius 2 is 2.08 bits per heavy atom. The number of fused-ring (bicyclic) bond motifs is 1. The lowest BCUT2D eigenvalue weighted by atomic mass is 9.95. The van der Waals surface area contributed by atoms with E-state index in [9.17, 15) is 14.9 Å². The summed E-state index contributed by atoms with van der Waals surface area (Å²) in [5, 5.41) is 17.7. The first-order valence-electron chi connectivity index (χ1n) is 8.05. The zero-order valence-electron chi connectivity index (χ0n) is 14.0. The minimum atomic E-state index is -0.468. The van der Waals surface area contributed by atoms with Gasteiger partial charge in [-0.2, -0.15) is 0 Å². The number of carbonyl (C=O) groups is 1. The zero-order valence-corrected chi connectivity index (χ0v) is 15.7. The third-order valence-corrected chi connectivity index (χ3v) is 5.51. The number of esters is 1. The van der Waals surface area contributed by atoms with Crippen molar-refractivity contribution in [3.05, 3.63) is 50.4 Å². The fourth-order valence-electron chi connectivity index (χ4n) is 2.93. The van der Waals surface area contributed by atoms with E-state index in [2.05, 4.69) is 10.6 Å². The molecule has 136 valence electrons. The number of thiophene rings is 1. The summed E-state index contributed by atoms with van der Waals surface area (Å²) in [5.41, 5.74) is 2.04. The van der Waals surface area contributed by atoms with Gasteiger partial charge in [0.15, 0.2) is 5.11 Å². The number of anilines is 2. The van der Waals surface area contributed by atoms with E-state index in [0.717, 1.165) is 31.2 Å². The number of nitro groups is 1. The van der Waals surface area contributed by atoms with Gasteiger partial charge in [-0.05, 0) is 49.5 Å². The molecule has 0 radical (unpaired) electrons. The number of nitrogens with zero attached hydrogens (tertiary/aromatic N) is 1. The Morgan fingerprint density at radius 3 is 2.81 bits per heavy atom. The van der Waals surface area contributed by atoms with Crippen LogP contribution in [-0.2, 0) is 17.6 Å². The number of nitro benzene ring substituents is 1. The summed E-state index contributed by atoms with van der Waals surface area (Å²) >= 11 is 6.82. The summed E-state index contributed by atoms with van der Waals surface area (Å²) in [6.45, 7) is 0. The van der Waals surface area contributed by atoms with Crippen LogP contribution in [0.5, 0.6) is 0 Å². The van der Waals surface area contributed by atoms with Crippen molar-refractivity contribution in [1.82, 2.24) is 0 Å². The van der Waals surface area contributed by atoms with Gasteiger partial charge in [-0.1, -0.05) is 6.07 Å². The van der Waals surface area contributed by atoms with E-state index in [4.69, 9.17) is 17.0 Å². The fraction of sp³-hybridized carbons (Fsp3) is 0.294. The van der Waals surface area contributed by atoms with Gasteiger partial charge in [0, 0.05) is 22.7 Å². The summed E-state index contributed by atoms with van der Waals surface area (Å²) in [6, 6.07) is 6.06. The Morgan fingerprint density at radius 1 is 1.31 bits per heavy atom. The number of benzene rings is 1. The van der Waals surface area contributed by atoms with E-state index in [-0.39, 0.29) is 16.8 Å². The van der Waals surface area contributed by atoms with Gasteiger partial charge in [-0.25, -0.2) is 4.79 Å². The maximum Gasteiger partial charge on any atom is 0.341 e. The average Bonchev–Trinajstić information content (AvgIpc) is 2.98. The van der Waals surface area contributed by atoms with Crippen molar-refractivity contribution >= 4 is 51.0 Å². The molecule has 2 aromatic rings. The maximum absolute atomic E-state index is 12.2. The van der Waals surface area contributed by atoms with E-state index in [1.807, 2.05) is 0 Å². The van der Waals surface area contributed by atoms with Crippen LogP contribution in [0.25, 0.3) is 0 Å². The van der Waals surface area contributed by atoms with Gasteiger partial charge < -0.3 is 15.4 Å². The van der Waals surface area contributed by atoms with Crippen molar-refractivity contribution in [1.29, 1.82) is 0 Å². The van der Waals surface area contributed by atoms with Gasteiger partial charge >= 0.3 is 5.97 Å². The quantitative estimate of drug-likeness (QED) is 0.350. The van der Waals surface area contributed by atoms with Gasteiger partial charge in [0.2, 0.25) is 0 Å². The lowest BCUT2D eigenvalue weighted by Gasteiger charge is -2.12. The number of non-ortho nitro benzene ring substituents is 1. The van der Waals surface area contributed by atoms with Crippen LogP contribution in [0.2, 0.25) is 0 Å². The maximum atomic E-state index is 12.2. The predicted molar refractivity (Wildman–Crippen MR) is 105 cm³/mol. The van der Waals surface area contributed by atoms with Crippen LogP contribution >= 0.6 is 23.6 Å². The number of methoxy groups -OCH3 is 1. The summed E-state index contributed by atoms with van der Waals surface area (Å²) in [7, 11) is 1.36. The predicted octanol–water partition coefficient (Wildman–Crippen LogP) is 4.13. The molecule has 0 saturated heterocycles. The number of ether oxygens (including phenoxy) is 1. The molecule has 2 N–H and O–H groups in total. The average molecular weight is 391 g/mol. The number of rotatable bonds is 4. The van der Waals surface area contributed by atoms with Crippen molar-refractivity contribution < 1.29 is 14.5 Å². The Hall–Kier alpha value is -2.52. The Bertz CT molecular complexity index is 879. The van der Waals surface area contributed by atoms with E-state index in [1.54, 1.807) is 12.1 Å². The molecule has 1 heterocycles. The Balaban J connectivity index is 1.81. The lowest BCUT2D eigenvalue weighted by Crippen LogP contribution is -2.20. The highest BCUT2D eigenvalue weighted by atomic mass is 32.1. The molecule has 3 rings (SSSR count). The molecule has 0 atom stereocenters. The molecule has 7 nitrogen and oxygen atoms in total. The van der Waals surface area contributed by atoms with Gasteiger partial charge in [0.05, 0.1) is 17.6 Å². The van der Waals surface area contributed by atoms with Crippen LogP contribution in [0.3, 0.4) is 0 Å². The second-order valence-electron chi connectivity index (χ2n) is 5.79. The van der Waals surface area contributed by atoms with Crippen molar-refractivity contribution in [3.8, 4) is 0 Å². The molecule has 0 saturated carbocycles. The van der Waals surface area contributed by atoms with E-state index in [0.29, 0.717) is 16.3 Å². The third-order valence-electron chi connectivity index (χ3n) is 4.10. The minimum Gasteiger partial charge on any atom is -0.465 e. The van der Waals surface area contributed by atoms with E-state index in [1.165, 1.54) is 35.5 Å². The minimum absolute atomic E-state index is 0.0281. The standard InChI is InChI=1S/C17H17N3O4S2/c1-24-16(21)14-12-7-2-3-8-13(12)26-15(14)19-17(25)18-10-5-4-6-11(9-10)20(22)23/h4-6,9H,2-3,7-8H2,1H3,(H2,18,19,25). The summed E-state index contributed by atoms with van der Waals surface area (Å²) in [6.07, 6.45) is 3.94. The topological polar surface area (TPSA) is 93.5 Å². The molecular weight excluding hydrogens is 374 g/mol. The summed E-state index contributed by atoms with van der Waals surface area (Å²) in [4.78, 5) is 23.8. The van der Waals surface area contributed by atoms with Crippen molar-refractivity contribution in [2.75, 3.05) is 17.7 Å². The molecule has 1 aromatic heterocycles. The number of carbonyl (C=O) groups excluding carboxylic acids is 1. The number of hydrogen-bond acceptors (Lipinski definition) is 6. The number of aryl methyl sites for hydroxylation is 1. The SMILES string of the molecule is COC(=O)c1c(NC(=S)Nc2cccc([N+](=O)[O-])c2)sc2c1CCCC2. The van der Waals surface area contributed by atoms with Crippen molar-refractivity contribution in [2.24, 2.45) is 0 Å². The van der Waals surface area contributed by atoms with E-state index < -0.39 is 4.92 Å². The van der Waals surface area contributed by atoms with Gasteiger partial charge in [0.25, 0.3) is 5.69 Å². The monoisotopic (exact) mass is 391 g/mol. The highest BCUT2D eigenvalue weighted by Gasteiger charge is 2.26. The first-order valence-corrected chi connectivity index (χ1v) is 9.27. The molecule has 1 aromatic carbocycles. The largest absolute Gasteiger partial charge is 0.465 e. The smallest absolute Gasteiger partial charge is 0.341 e.